The molecule has 0 amide bonds. The minimum Gasteiger partial charge on any atom is -0.377 e. The summed E-state index contributed by atoms with van der Waals surface area (Å²) in [6.07, 6.45) is 10.4. The van der Waals surface area contributed by atoms with Gasteiger partial charge in [0.25, 0.3) is 0 Å². The predicted octanol–water partition coefficient (Wildman–Crippen LogP) is 2.94. The Morgan fingerprint density at radius 1 is 1.08 bits per heavy atom. The number of aromatic nitrogens is 1. The minimum atomic E-state index is 0.506. The number of hydrogen-bond donors (Lipinski definition) is 0. The molecule has 0 saturated carbocycles. The summed E-state index contributed by atoms with van der Waals surface area (Å²) in [6, 6.07) is 6.27. The quantitative estimate of drug-likeness (QED) is 0.849. The SMILES string of the molecule is c1ccc(CN2CCCC3(CCN(CC4CCCO4)CC3)C2)nc1. The molecule has 24 heavy (non-hydrogen) atoms. The molecule has 0 radical (unpaired) electrons. The molecule has 1 spiro atoms. The van der Waals surface area contributed by atoms with E-state index < -0.39 is 0 Å². The van der Waals surface area contributed by atoms with Gasteiger partial charge in [0.15, 0.2) is 0 Å². The van der Waals surface area contributed by atoms with Crippen molar-refractivity contribution in [1.82, 2.24) is 14.8 Å². The van der Waals surface area contributed by atoms with Gasteiger partial charge in [-0.1, -0.05) is 6.07 Å². The topological polar surface area (TPSA) is 28.6 Å². The smallest absolute Gasteiger partial charge is 0.0702 e. The predicted molar refractivity (Wildman–Crippen MR) is 95.8 cm³/mol. The van der Waals surface area contributed by atoms with Crippen molar-refractivity contribution in [1.29, 1.82) is 0 Å². The summed E-state index contributed by atoms with van der Waals surface area (Å²) in [7, 11) is 0. The lowest BCUT2D eigenvalue weighted by molar-refractivity contribution is 0.00199. The summed E-state index contributed by atoms with van der Waals surface area (Å²) in [6.45, 7) is 8.17. The molecule has 3 aliphatic rings. The fraction of sp³-hybridized carbons (Fsp3) is 0.750. The van der Waals surface area contributed by atoms with Gasteiger partial charge in [-0.25, -0.2) is 0 Å². The van der Waals surface area contributed by atoms with Gasteiger partial charge in [0.2, 0.25) is 0 Å². The Morgan fingerprint density at radius 2 is 2.00 bits per heavy atom. The first-order valence-electron chi connectivity index (χ1n) is 9.78. The minimum absolute atomic E-state index is 0.506. The van der Waals surface area contributed by atoms with Crippen LogP contribution in [-0.2, 0) is 11.3 Å². The van der Waals surface area contributed by atoms with Crippen LogP contribution in [0.15, 0.2) is 24.4 Å². The Kier molecular flexibility index (Phi) is 5.16. The van der Waals surface area contributed by atoms with Crippen molar-refractivity contribution >= 4 is 0 Å². The highest BCUT2D eigenvalue weighted by molar-refractivity contribution is 5.04. The maximum atomic E-state index is 5.82. The van der Waals surface area contributed by atoms with Gasteiger partial charge in [0.05, 0.1) is 11.8 Å². The van der Waals surface area contributed by atoms with Gasteiger partial charge >= 0.3 is 0 Å². The van der Waals surface area contributed by atoms with E-state index in [1.54, 1.807) is 0 Å². The molecule has 4 heterocycles. The lowest BCUT2D eigenvalue weighted by atomic mass is 9.72. The summed E-state index contributed by atoms with van der Waals surface area (Å²) in [5.74, 6) is 0. The van der Waals surface area contributed by atoms with Crippen LogP contribution in [0.25, 0.3) is 0 Å². The van der Waals surface area contributed by atoms with Crippen LogP contribution in [0.4, 0.5) is 0 Å². The number of piperidine rings is 2. The highest BCUT2D eigenvalue weighted by Gasteiger charge is 2.38. The van der Waals surface area contributed by atoms with Crippen LogP contribution in [-0.4, -0.2) is 60.2 Å². The first kappa shape index (κ1) is 16.5. The van der Waals surface area contributed by atoms with Crippen molar-refractivity contribution in [2.75, 3.05) is 39.3 Å². The van der Waals surface area contributed by atoms with Crippen molar-refractivity contribution in [2.24, 2.45) is 5.41 Å². The Morgan fingerprint density at radius 3 is 2.75 bits per heavy atom. The molecular formula is C20H31N3O. The average molecular weight is 329 g/mol. The van der Waals surface area contributed by atoms with Gasteiger partial charge in [-0.2, -0.15) is 0 Å². The zero-order chi connectivity index (χ0) is 16.2. The molecule has 0 N–H and O–H groups in total. The van der Waals surface area contributed by atoms with Crippen molar-refractivity contribution in [3.63, 3.8) is 0 Å². The van der Waals surface area contributed by atoms with Crippen LogP contribution in [0.1, 0.15) is 44.2 Å². The molecule has 4 heteroatoms. The number of ether oxygens (including phenoxy) is 1. The number of rotatable bonds is 4. The number of hydrogen-bond acceptors (Lipinski definition) is 4. The van der Waals surface area contributed by atoms with Gasteiger partial charge in [0, 0.05) is 32.4 Å². The van der Waals surface area contributed by atoms with Crippen LogP contribution in [0.5, 0.6) is 0 Å². The molecule has 3 saturated heterocycles. The highest BCUT2D eigenvalue weighted by Crippen LogP contribution is 2.40. The molecule has 4 nitrogen and oxygen atoms in total. The summed E-state index contributed by atoms with van der Waals surface area (Å²) >= 11 is 0. The van der Waals surface area contributed by atoms with Crippen molar-refractivity contribution in [2.45, 2.75) is 51.2 Å². The summed E-state index contributed by atoms with van der Waals surface area (Å²) in [5.41, 5.74) is 1.77. The molecule has 4 rings (SSSR count). The lowest BCUT2D eigenvalue weighted by Crippen LogP contribution is -2.50. The number of pyridine rings is 1. The van der Waals surface area contributed by atoms with Gasteiger partial charge in [0.1, 0.15) is 0 Å². The molecular weight excluding hydrogens is 298 g/mol. The normalized spacial score (nSPS) is 28.4. The Balaban J connectivity index is 1.29. The van der Waals surface area contributed by atoms with E-state index in [9.17, 15) is 0 Å². The van der Waals surface area contributed by atoms with E-state index in [1.165, 1.54) is 70.4 Å². The van der Waals surface area contributed by atoms with Crippen LogP contribution < -0.4 is 0 Å². The second kappa shape index (κ2) is 7.51. The van der Waals surface area contributed by atoms with Crippen LogP contribution >= 0.6 is 0 Å². The average Bonchev–Trinajstić information content (AvgIpc) is 3.11. The second-order valence-electron chi connectivity index (χ2n) is 8.07. The fourth-order valence-electron chi connectivity index (χ4n) is 4.86. The maximum absolute atomic E-state index is 5.82. The summed E-state index contributed by atoms with van der Waals surface area (Å²) in [4.78, 5) is 9.80. The van der Waals surface area contributed by atoms with Crippen molar-refractivity contribution in [3.8, 4) is 0 Å². The molecule has 1 aromatic heterocycles. The van der Waals surface area contributed by atoms with E-state index >= 15 is 0 Å². The zero-order valence-electron chi connectivity index (χ0n) is 14.8. The molecule has 1 unspecified atom stereocenters. The molecule has 132 valence electrons. The van der Waals surface area contributed by atoms with Gasteiger partial charge in [-0.3, -0.25) is 9.88 Å². The molecule has 1 aromatic rings. The fourth-order valence-corrected chi connectivity index (χ4v) is 4.86. The molecule has 0 bridgehead atoms. The first-order chi connectivity index (χ1) is 11.8. The number of nitrogens with zero attached hydrogens (tertiary/aromatic N) is 3. The van der Waals surface area contributed by atoms with Crippen LogP contribution in [0.2, 0.25) is 0 Å². The third-order valence-corrected chi connectivity index (χ3v) is 6.25. The Labute approximate surface area is 146 Å². The standard InChI is InChI=1S/C20H31N3O/c1-2-10-21-18(5-1)15-23-11-4-7-20(17-23)8-12-22(13-9-20)16-19-6-3-14-24-19/h1-2,5,10,19H,3-4,6-9,11-17H2. The van der Waals surface area contributed by atoms with Crippen molar-refractivity contribution in [3.05, 3.63) is 30.1 Å². The molecule has 0 aromatic carbocycles. The monoisotopic (exact) mass is 329 g/mol. The number of likely N-dealkylation sites (tertiary alicyclic amines) is 2. The van der Waals surface area contributed by atoms with E-state index in [2.05, 4.69) is 26.9 Å². The molecule has 3 aliphatic heterocycles. The third kappa shape index (κ3) is 3.98. The lowest BCUT2D eigenvalue weighted by Gasteiger charge is -2.48. The van der Waals surface area contributed by atoms with Crippen LogP contribution in [0.3, 0.4) is 0 Å². The largest absolute Gasteiger partial charge is 0.377 e. The van der Waals surface area contributed by atoms with Gasteiger partial charge in [-0.05, 0) is 75.7 Å². The van der Waals surface area contributed by atoms with Gasteiger partial charge in [-0.15, -0.1) is 0 Å². The Bertz CT molecular complexity index is 507. The molecule has 1 atom stereocenters. The summed E-state index contributed by atoms with van der Waals surface area (Å²) in [5, 5.41) is 0. The van der Waals surface area contributed by atoms with E-state index in [0.29, 0.717) is 11.5 Å². The highest BCUT2D eigenvalue weighted by atomic mass is 16.5. The second-order valence-corrected chi connectivity index (χ2v) is 8.07. The van der Waals surface area contributed by atoms with Crippen LogP contribution in [0, 0.1) is 5.41 Å². The van der Waals surface area contributed by atoms with Crippen molar-refractivity contribution < 1.29 is 4.74 Å². The molecule has 0 aliphatic carbocycles. The van der Waals surface area contributed by atoms with E-state index in [4.69, 9.17) is 4.74 Å². The zero-order valence-corrected chi connectivity index (χ0v) is 14.8. The Hall–Kier alpha value is -0.970. The third-order valence-electron chi connectivity index (χ3n) is 6.25. The van der Waals surface area contributed by atoms with E-state index in [1.807, 2.05) is 12.3 Å². The van der Waals surface area contributed by atoms with Gasteiger partial charge < -0.3 is 9.64 Å². The van der Waals surface area contributed by atoms with E-state index in [0.717, 1.165) is 19.7 Å². The summed E-state index contributed by atoms with van der Waals surface area (Å²) < 4.78 is 5.82. The first-order valence-corrected chi connectivity index (χ1v) is 9.78. The molecule has 3 fully saturated rings. The maximum Gasteiger partial charge on any atom is 0.0702 e. The van der Waals surface area contributed by atoms with E-state index in [-0.39, 0.29) is 0 Å².